The van der Waals surface area contributed by atoms with E-state index < -0.39 is 5.25 Å². The molecule has 1 atom stereocenters. The van der Waals surface area contributed by atoms with Crippen LogP contribution in [0, 0.1) is 0 Å². The van der Waals surface area contributed by atoms with E-state index in [0.29, 0.717) is 23.5 Å². The lowest BCUT2D eigenvalue weighted by molar-refractivity contribution is -0.121. The Balaban J connectivity index is 1.41. The van der Waals surface area contributed by atoms with Gasteiger partial charge in [0.05, 0.1) is 17.5 Å². The van der Waals surface area contributed by atoms with Crippen molar-refractivity contribution in [2.45, 2.75) is 23.5 Å². The zero-order chi connectivity index (χ0) is 24.1. The third kappa shape index (κ3) is 5.38. The molecule has 1 aliphatic rings. The molecule has 3 aromatic carbocycles. The largest absolute Gasteiger partial charge is 0.494 e. The van der Waals surface area contributed by atoms with Crippen molar-refractivity contribution >= 4 is 46.8 Å². The van der Waals surface area contributed by atoms with Crippen LogP contribution < -0.4 is 15.4 Å². The van der Waals surface area contributed by atoms with Crippen LogP contribution in [-0.4, -0.2) is 29.5 Å². The summed E-state index contributed by atoms with van der Waals surface area (Å²) in [6, 6.07) is 21.2. The number of hydrogen-bond acceptors (Lipinski definition) is 6. The second-order valence-electron chi connectivity index (χ2n) is 7.70. The van der Waals surface area contributed by atoms with E-state index in [-0.39, 0.29) is 24.0 Å². The summed E-state index contributed by atoms with van der Waals surface area (Å²) in [4.78, 5) is 40.1. The predicted molar refractivity (Wildman–Crippen MR) is 135 cm³/mol. The predicted octanol–water partition coefficient (Wildman–Crippen LogP) is 4.99. The highest BCUT2D eigenvalue weighted by atomic mass is 32.2. The number of ether oxygens (including phenoxy) is 1. The molecule has 0 spiro atoms. The van der Waals surface area contributed by atoms with Crippen LogP contribution >= 0.6 is 11.8 Å². The number of benzene rings is 3. The maximum atomic E-state index is 12.9. The van der Waals surface area contributed by atoms with Crippen LogP contribution in [0.4, 0.5) is 11.4 Å². The summed E-state index contributed by atoms with van der Waals surface area (Å²) >= 11 is 1.33. The standard InChI is InChI=1S/C27H24N2O4S/c1-2-33-22-13-6-18(7-14-22)8-15-24(30)19-9-11-21(12-10-19)29-26(31)17-25(27(29)32)34-23-5-3-4-20(28)16-23/h3-16,25H,2,17,28H2,1H3/b15-8+. The molecule has 0 saturated carbocycles. The number of hydrogen-bond donors (Lipinski definition) is 1. The van der Waals surface area contributed by atoms with Crippen LogP contribution in [0.1, 0.15) is 29.3 Å². The molecule has 7 heteroatoms. The normalized spacial score (nSPS) is 15.8. The quantitative estimate of drug-likeness (QED) is 0.215. The first-order valence-corrected chi connectivity index (χ1v) is 11.8. The molecule has 1 unspecified atom stereocenters. The zero-order valence-electron chi connectivity index (χ0n) is 18.6. The van der Waals surface area contributed by atoms with Crippen molar-refractivity contribution in [1.29, 1.82) is 0 Å². The maximum Gasteiger partial charge on any atom is 0.247 e. The summed E-state index contributed by atoms with van der Waals surface area (Å²) in [5, 5.41) is -0.507. The molecule has 3 aromatic rings. The van der Waals surface area contributed by atoms with E-state index in [0.717, 1.165) is 16.2 Å². The summed E-state index contributed by atoms with van der Waals surface area (Å²) in [5.74, 6) is 0.0727. The van der Waals surface area contributed by atoms with Gasteiger partial charge in [-0.3, -0.25) is 14.4 Å². The Morgan fingerprint density at radius 1 is 1.09 bits per heavy atom. The lowest BCUT2D eigenvalue weighted by atomic mass is 10.1. The molecule has 0 bridgehead atoms. The van der Waals surface area contributed by atoms with Gasteiger partial charge in [0.1, 0.15) is 5.75 Å². The summed E-state index contributed by atoms with van der Waals surface area (Å²) in [6.45, 7) is 2.52. The van der Waals surface area contributed by atoms with Crippen molar-refractivity contribution in [2.24, 2.45) is 0 Å². The van der Waals surface area contributed by atoms with Gasteiger partial charge in [-0.25, -0.2) is 4.90 Å². The van der Waals surface area contributed by atoms with E-state index in [1.54, 1.807) is 42.5 Å². The van der Waals surface area contributed by atoms with Crippen LogP contribution in [0.15, 0.2) is 83.8 Å². The molecule has 1 heterocycles. The lowest BCUT2D eigenvalue weighted by Gasteiger charge is -2.15. The molecule has 6 nitrogen and oxygen atoms in total. The van der Waals surface area contributed by atoms with Gasteiger partial charge in [0.25, 0.3) is 0 Å². The fraction of sp³-hybridized carbons (Fsp3) is 0.148. The average Bonchev–Trinajstić information content (AvgIpc) is 3.11. The van der Waals surface area contributed by atoms with Gasteiger partial charge in [0, 0.05) is 22.6 Å². The molecular weight excluding hydrogens is 448 g/mol. The number of imide groups is 1. The van der Waals surface area contributed by atoms with Crippen molar-refractivity contribution < 1.29 is 19.1 Å². The van der Waals surface area contributed by atoms with Crippen LogP contribution in [-0.2, 0) is 9.59 Å². The number of anilines is 2. The highest BCUT2D eigenvalue weighted by molar-refractivity contribution is 8.00. The number of amides is 2. The molecule has 2 amide bonds. The second kappa shape index (κ2) is 10.4. The molecule has 2 N–H and O–H groups in total. The summed E-state index contributed by atoms with van der Waals surface area (Å²) < 4.78 is 5.42. The van der Waals surface area contributed by atoms with Crippen molar-refractivity contribution in [1.82, 2.24) is 0 Å². The number of nitrogen functional groups attached to an aromatic ring is 1. The number of nitrogens with zero attached hydrogens (tertiary/aromatic N) is 1. The SMILES string of the molecule is CCOc1ccc(/C=C/C(=O)c2ccc(N3C(=O)CC(Sc4cccc(N)c4)C3=O)cc2)cc1. The Morgan fingerprint density at radius 2 is 1.82 bits per heavy atom. The van der Waals surface area contributed by atoms with E-state index in [9.17, 15) is 14.4 Å². The third-order valence-corrected chi connectivity index (χ3v) is 6.45. The second-order valence-corrected chi connectivity index (χ2v) is 8.97. The number of carbonyl (C=O) groups is 3. The number of allylic oxidation sites excluding steroid dienone is 1. The van der Waals surface area contributed by atoms with E-state index in [2.05, 4.69) is 0 Å². The molecule has 0 radical (unpaired) electrons. The Labute approximate surface area is 202 Å². The van der Waals surface area contributed by atoms with Crippen LogP contribution in [0.2, 0.25) is 0 Å². The van der Waals surface area contributed by atoms with Gasteiger partial charge in [-0.05, 0) is 73.2 Å². The van der Waals surface area contributed by atoms with Gasteiger partial charge in [-0.15, -0.1) is 11.8 Å². The minimum Gasteiger partial charge on any atom is -0.494 e. The minimum atomic E-state index is -0.507. The smallest absolute Gasteiger partial charge is 0.247 e. The van der Waals surface area contributed by atoms with Gasteiger partial charge < -0.3 is 10.5 Å². The van der Waals surface area contributed by atoms with Crippen molar-refractivity contribution in [3.8, 4) is 5.75 Å². The molecule has 4 rings (SSSR count). The van der Waals surface area contributed by atoms with Gasteiger partial charge in [-0.2, -0.15) is 0 Å². The highest BCUT2D eigenvalue weighted by Crippen LogP contribution is 2.34. The number of ketones is 1. The average molecular weight is 473 g/mol. The van der Waals surface area contributed by atoms with Crippen molar-refractivity contribution in [3.05, 3.63) is 90.0 Å². The van der Waals surface area contributed by atoms with Crippen LogP contribution in [0.5, 0.6) is 5.75 Å². The number of rotatable bonds is 8. The van der Waals surface area contributed by atoms with Crippen LogP contribution in [0.25, 0.3) is 6.08 Å². The minimum absolute atomic E-state index is 0.115. The fourth-order valence-corrected chi connectivity index (χ4v) is 4.73. The van der Waals surface area contributed by atoms with Gasteiger partial charge in [0.2, 0.25) is 11.8 Å². The van der Waals surface area contributed by atoms with Gasteiger partial charge >= 0.3 is 0 Å². The Morgan fingerprint density at radius 3 is 2.50 bits per heavy atom. The summed E-state index contributed by atoms with van der Waals surface area (Å²) in [6.07, 6.45) is 3.34. The summed E-state index contributed by atoms with van der Waals surface area (Å²) in [7, 11) is 0. The first kappa shape index (κ1) is 23.3. The van der Waals surface area contributed by atoms with E-state index in [1.165, 1.54) is 22.7 Å². The van der Waals surface area contributed by atoms with E-state index >= 15 is 0 Å². The maximum absolute atomic E-state index is 12.9. The van der Waals surface area contributed by atoms with Crippen molar-refractivity contribution in [2.75, 3.05) is 17.2 Å². The molecule has 0 aromatic heterocycles. The fourth-order valence-electron chi connectivity index (χ4n) is 3.60. The Hall–Kier alpha value is -3.84. The lowest BCUT2D eigenvalue weighted by Crippen LogP contribution is -2.31. The molecule has 1 aliphatic heterocycles. The molecule has 1 saturated heterocycles. The molecular formula is C27H24N2O4S. The van der Waals surface area contributed by atoms with E-state index in [1.807, 2.05) is 43.3 Å². The third-order valence-electron chi connectivity index (χ3n) is 5.27. The topological polar surface area (TPSA) is 89.7 Å². The van der Waals surface area contributed by atoms with Crippen LogP contribution in [0.3, 0.4) is 0 Å². The number of nitrogens with two attached hydrogens (primary N) is 1. The molecule has 0 aliphatic carbocycles. The zero-order valence-corrected chi connectivity index (χ0v) is 19.5. The molecule has 172 valence electrons. The van der Waals surface area contributed by atoms with E-state index in [4.69, 9.17) is 10.5 Å². The van der Waals surface area contributed by atoms with Crippen molar-refractivity contribution in [3.63, 3.8) is 0 Å². The number of carbonyl (C=O) groups excluding carboxylic acids is 3. The Bertz CT molecular complexity index is 1240. The first-order chi connectivity index (χ1) is 16.4. The highest BCUT2D eigenvalue weighted by Gasteiger charge is 2.40. The first-order valence-electron chi connectivity index (χ1n) is 10.9. The molecule has 34 heavy (non-hydrogen) atoms. The molecule has 1 fully saturated rings. The monoisotopic (exact) mass is 472 g/mol. The van der Waals surface area contributed by atoms with Gasteiger partial charge in [0.15, 0.2) is 5.78 Å². The summed E-state index contributed by atoms with van der Waals surface area (Å²) in [5.41, 5.74) is 8.22. The number of thioether (sulfide) groups is 1. The Kier molecular flexibility index (Phi) is 7.13. The van der Waals surface area contributed by atoms with Gasteiger partial charge in [-0.1, -0.05) is 24.3 Å².